The van der Waals surface area contributed by atoms with Crippen LogP contribution in [0.4, 0.5) is 5.69 Å². The average molecular weight is 407 g/mol. The predicted octanol–water partition coefficient (Wildman–Crippen LogP) is 3.02. The number of carbonyl (C=O) groups is 3. The first-order valence-electron chi connectivity index (χ1n) is 8.74. The second-order valence-electron chi connectivity index (χ2n) is 6.12. The van der Waals surface area contributed by atoms with Gasteiger partial charge in [-0.1, -0.05) is 12.1 Å². The van der Waals surface area contributed by atoms with Crippen LogP contribution in [-0.2, 0) is 14.3 Å². The van der Waals surface area contributed by atoms with E-state index >= 15 is 0 Å². The zero-order valence-electron chi connectivity index (χ0n) is 16.1. The summed E-state index contributed by atoms with van der Waals surface area (Å²) in [6.45, 7) is 0. The predicted molar refractivity (Wildman–Crippen MR) is 109 cm³/mol. The van der Waals surface area contributed by atoms with E-state index in [-0.39, 0.29) is 27.8 Å². The van der Waals surface area contributed by atoms with Gasteiger partial charge in [-0.25, -0.2) is 9.59 Å². The highest BCUT2D eigenvalue weighted by atomic mass is 16.5. The van der Waals surface area contributed by atoms with Gasteiger partial charge in [-0.15, -0.1) is 0 Å². The lowest BCUT2D eigenvalue weighted by Crippen LogP contribution is -2.12. The van der Waals surface area contributed by atoms with Crippen LogP contribution in [0.2, 0.25) is 0 Å². The third-order valence-electron chi connectivity index (χ3n) is 4.16. The second kappa shape index (κ2) is 8.87. The molecule has 0 aliphatic heterocycles. The second-order valence-corrected chi connectivity index (χ2v) is 6.12. The summed E-state index contributed by atoms with van der Waals surface area (Å²) in [5, 5.41) is 2.93. The van der Waals surface area contributed by atoms with Crippen LogP contribution >= 0.6 is 0 Å². The maximum Gasteiger partial charge on any atom is 0.337 e. The van der Waals surface area contributed by atoms with Crippen LogP contribution in [0.25, 0.3) is 17.0 Å². The number of fused-ring (bicyclic) bond motifs is 1. The molecule has 152 valence electrons. The first-order valence-corrected chi connectivity index (χ1v) is 8.74. The maximum atomic E-state index is 12.5. The molecule has 30 heavy (non-hydrogen) atoms. The van der Waals surface area contributed by atoms with Crippen LogP contribution < -0.4 is 10.7 Å². The first kappa shape index (κ1) is 20.5. The summed E-state index contributed by atoms with van der Waals surface area (Å²) in [6.07, 6.45) is 3.73. The normalized spacial score (nSPS) is 10.7. The quantitative estimate of drug-likeness (QED) is 0.511. The first-order chi connectivity index (χ1) is 14.4. The van der Waals surface area contributed by atoms with Crippen LogP contribution in [0.3, 0.4) is 0 Å². The van der Waals surface area contributed by atoms with Crippen LogP contribution in [0, 0.1) is 0 Å². The number of hydrogen-bond donors (Lipinski definition) is 1. The lowest BCUT2D eigenvalue weighted by molar-refractivity contribution is -0.111. The van der Waals surface area contributed by atoms with Crippen LogP contribution in [0.5, 0.6) is 0 Å². The number of rotatable bonds is 5. The summed E-state index contributed by atoms with van der Waals surface area (Å²) in [7, 11) is 2.40. The van der Waals surface area contributed by atoms with E-state index in [0.717, 1.165) is 6.08 Å². The van der Waals surface area contributed by atoms with E-state index in [1.54, 1.807) is 24.3 Å². The number of benzene rings is 2. The van der Waals surface area contributed by atoms with Crippen molar-refractivity contribution in [2.45, 2.75) is 0 Å². The Labute approximate surface area is 170 Å². The molecule has 0 aliphatic carbocycles. The maximum absolute atomic E-state index is 12.5. The highest BCUT2D eigenvalue weighted by Gasteiger charge is 2.14. The summed E-state index contributed by atoms with van der Waals surface area (Å²) >= 11 is 0. The standard InChI is InChI=1S/C22H17NO7/c1-28-21(26)14-9-15(22(27)29-2)11-16(10-14)23-19(24)8-7-13-12-30-18-6-4-3-5-17(18)20(13)25/h3-12H,1-2H3,(H,23,24)/b8-7+. The number of methoxy groups -OCH3 is 2. The molecule has 3 rings (SSSR count). The average Bonchev–Trinajstić information content (AvgIpc) is 2.77. The Hall–Kier alpha value is -4.20. The van der Waals surface area contributed by atoms with Gasteiger partial charge < -0.3 is 19.2 Å². The SMILES string of the molecule is COC(=O)c1cc(NC(=O)/C=C/c2coc3ccccc3c2=O)cc(C(=O)OC)c1. The molecule has 2 aromatic carbocycles. The van der Waals surface area contributed by atoms with E-state index in [0.29, 0.717) is 11.0 Å². The van der Waals surface area contributed by atoms with Gasteiger partial charge in [0.25, 0.3) is 0 Å². The van der Waals surface area contributed by atoms with Crippen LogP contribution in [0.15, 0.2) is 64.0 Å². The van der Waals surface area contributed by atoms with Crippen molar-refractivity contribution >= 4 is 40.6 Å². The Balaban J connectivity index is 1.85. The molecule has 3 aromatic rings. The molecule has 8 nitrogen and oxygen atoms in total. The lowest BCUT2D eigenvalue weighted by Gasteiger charge is -2.08. The molecular formula is C22H17NO7. The van der Waals surface area contributed by atoms with Crippen molar-refractivity contribution in [1.82, 2.24) is 0 Å². The Kier molecular flexibility index (Phi) is 6.07. The van der Waals surface area contributed by atoms with Gasteiger partial charge in [0, 0.05) is 11.8 Å². The summed E-state index contributed by atoms with van der Waals surface area (Å²) in [4.78, 5) is 48.4. The van der Waals surface area contributed by atoms with Gasteiger partial charge in [0.15, 0.2) is 5.43 Å². The largest absolute Gasteiger partial charge is 0.465 e. The fraction of sp³-hybridized carbons (Fsp3) is 0.0909. The smallest absolute Gasteiger partial charge is 0.337 e. The zero-order chi connectivity index (χ0) is 21.7. The molecule has 1 amide bonds. The highest BCUT2D eigenvalue weighted by molar-refractivity contribution is 6.04. The Bertz CT molecular complexity index is 1190. The molecule has 0 unspecified atom stereocenters. The zero-order valence-corrected chi connectivity index (χ0v) is 16.1. The number of anilines is 1. The highest BCUT2D eigenvalue weighted by Crippen LogP contribution is 2.17. The van der Waals surface area contributed by atoms with Gasteiger partial charge in [-0.05, 0) is 36.4 Å². The van der Waals surface area contributed by atoms with Gasteiger partial charge >= 0.3 is 11.9 Å². The van der Waals surface area contributed by atoms with Gasteiger partial charge in [-0.2, -0.15) is 0 Å². The summed E-state index contributed by atoms with van der Waals surface area (Å²) < 4.78 is 14.7. The summed E-state index contributed by atoms with van der Waals surface area (Å²) in [5.41, 5.74) is 0.672. The summed E-state index contributed by atoms with van der Waals surface area (Å²) in [6, 6.07) is 10.8. The Morgan fingerprint density at radius 3 is 2.23 bits per heavy atom. The van der Waals surface area contributed by atoms with E-state index < -0.39 is 17.8 Å². The van der Waals surface area contributed by atoms with E-state index in [1.165, 1.54) is 44.8 Å². The lowest BCUT2D eigenvalue weighted by atomic mass is 10.1. The molecule has 0 bridgehead atoms. The molecule has 1 heterocycles. The monoisotopic (exact) mass is 407 g/mol. The van der Waals surface area contributed by atoms with Crippen LogP contribution in [-0.4, -0.2) is 32.1 Å². The molecular weight excluding hydrogens is 390 g/mol. The number of ether oxygens (including phenoxy) is 2. The molecule has 0 saturated heterocycles. The number of carbonyl (C=O) groups excluding carboxylic acids is 3. The third-order valence-corrected chi connectivity index (χ3v) is 4.16. The fourth-order valence-electron chi connectivity index (χ4n) is 2.73. The molecule has 0 spiro atoms. The Morgan fingerprint density at radius 2 is 1.60 bits per heavy atom. The van der Waals surface area contributed by atoms with Gasteiger partial charge in [0.1, 0.15) is 11.8 Å². The van der Waals surface area contributed by atoms with Gasteiger partial charge in [0.05, 0.1) is 36.3 Å². The van der Waals surface area contributed by atoms with E-state index in [9.17, 15) is 19.2 Å². The minimum Gasteiger partial charge on any atom is -0.465 e. The van der Waals surface area contributed by atoms with E-state index in [1.807, 2.05) is 0 Å². The number of amides is 1. The molecule has 0 atom stereocenters. The fourth-order valence-corrected chi connectivity index (χ4v) is 2.73. The number of para-hydroxylation sites is 1. The topological polar surface area (TPSA) is 112 Å². The van der Waals surface area contributed by atoms with Crippen molar-refractivity contribution in [2.24, 2.45) is 0 Å². The minimum absolute atomic E-state index is 0.0647. The molecule has 0 aliphatic rings. The molecule has 1 aromatic heterocycles. The van der Waals surface area contributed by atoms with Crippen molar-refractivity contribution in [2.75, 3.05) is 19.5 Å². The van der Waals surface area contributed by atoms with Crippen molar-refractivity contribution in [3.05, 3.63) is 81.7 Å². The molecule has 0 fully saturated rings. The summed E-state index contributed by atoms with van der Waals surface area (Å²) in [5.74, 6) is -1.94. The van der Waals surface area contributed by atoms with E-state index in [2.05, 4.69) is 14.8 Å². The number of esters is 2. The molecule has 1 N–H and O–H groups in total. The molecule has 0 saturated carbocycles. The van der Waals surface area contributed by atoms with Crippen molar-refractivity contribution in [1.29, 1.82) is 0 Å². The van der Waals surface area contributed by atoms with Gasteiger partial charge in [-0.3, -0.25) is 9.59 Å². The molecule has 0 radical (unpaired) electrons. The van der Waals surface area contributed by atoms with Crippen molar-refractivity contribution < 1.29 is 28.3 Å². The third kappa shape index (κ3) is 4.44. The van der Waals surface area contributed by atoms with Gasteiger partial charge in [0.2, 0.25) is 5.91 Å². The van der Waals surface area contributed by atoms with Crippen molar-refractivity contribution in [3.63, 3.8) is 0 Å². The minimum atomic E-state index is -0.680. The Morgan fingerprint density at radius 1 is 0.967 bits per heavy atom. The molecule has 8 heteroatoms. The van der Waals surface area contributed by atoms with Crippen molar-refractivity contribution in [3.8, 4) is 0 Å². The number of hydrogen-bond acceptors (Lipinski definition) is 7. The van der Waals surface area contributed by atoms with Crippen LogP contribution in [0.1, 0.15) is 26.3 Å². The number of nitrogens with one attached hydrogen (secondary N) is 1. The van der Waals surface area contributed by atoms with E-state index in [4.69, 9.17) is 4.42 Å².